The SMILES string of the molecule is CC(O)C(NC(=O)C(Cc1cnc[nH]1)NC(=O)C(CCCN=C(N)N)NC(=O)C(N)CC(N)=O)C(=O)O. The molecule has 0 aliphatic heterocycles. The maximum absolute atomic E-state index is 13.1. The van der Waals surface area contributed by atoms with Gasteiger partial charge >= 0.3 is 5.97 Å². The molecule has 0 aromatic carbocycles. The lowest BCUT2D eigenvalue weighted by Gasteiger charge is -2.25. The van der Waals surface area contributed by atoms with Crippen LogP contribution in [0.1, 0.15) is 31.9 Å². The number of carboxylic acids is 1. The lowest BCUT2D eigenvalue weighted by atomic mass is 10.1. The molecule has 17 nitrogen and oxygen atoms in total. The van der Waals surface area contributed by atoms with E-state index >= 15 is 0 Å². The number of rotatable bonds is 16. The number of aliphatic carboxylic acids is 1. The van der Waals surface area contributed by atoms with Gasteiger partial charge in [-0.1, -0.05) is 0 Å². The minimum absolute atomic E-state index is 0.0153. The number of carbonyl (C=O) groups is 5. The Hall–Kier alpha value is -4.25. The number of H-pyrrole nitrogens is 1. The zero-order valence-electron chi connectivity index (χ0n) is 20.2. The first-order valence-corrected chi connectivity index (χ1v) is 11.2. The fourth-order valence-corrected chi connectivity index (χ4v) is 3.10. The Kier molecular flexibility index (Phi) is 12.5. The Morgan fingerprint density at radius 2 is 1.68 bits per heavy atom. The van der Waals surface area contributed by atoms with Crippen molar-refractivity contribution in [2.45, 2.75) is 62.9 Å². The molecule has 0 saturated carbocycles. The number of carbonyl (C=O) groups excluding carboxylic acids is 4. The summed E-state index contributed by atoms with van der Waals surface area (Å²) in [5, 5.41) is 26.0. The molecule has 0 saturated heterocycles. The molecule has 0 bridgehead atoms. The highest BCUT2D eigenvalue weighted by molar-refractivity contribution is 5.95. The van der Waals surface area contributed by atoms with Crippen LogP contribution in [0, 0.1) is 0 Å². The third-order valence-corrected chi connectivity index (χ3v) is 4.99. The molecule has 1 aromatic rings. The number of aromatic amines is 1. The van der Waals surface area contributed by atoms with Gasteiger partial charge < -0.3 is 54.1 Å². The van der Waals surface area contributed by atoms with E-state index in [1.165, 1.54) is 19.4 Å². The van der Waals surface area contributed by atoms with Crippen molar-refractivity contribution in [2.24, 2.45) is 27.9 Å². The summed E-state index contributed by atoms with van der Waals surface area (Å²) in [4.78, 5) is 71.4. The number of imidazole rings is 1. The normalized spacial score (nSPS) is 14.8. The molecule has 37 heavy (non-hydrogen) atoms. The minimum atomic E-state index is -1.64. The number of amides is 4. The Morgan fingerprint density at radius 1 is 1.05 bits per heavy atom. The first-order valence-electron chi connectivity index (χ1n) is 11.2. The summed E-state index contributed by atoms with van der Waals surface area (Å²) in [6, 6.07) is -5.53. The second kappa shape index (κ2) is 15.0. The Morgan fingerprint density at radius 3 is 2.19 bits per heavy atom. The van der Waals surface area contributed by atoms with Crippen molar-refractivity contribution in [2.75, 3.05) is 6.54 Å². The first kappa shape index (κ1) is 30.8. The van der Waals surface area contributed by atoms with E-state index in [-0.39, 0.29) is 31.8 Å². The highest BCUT2D eigenvalue weighted by atomic mass is 16.4. The Labute approximate surface area is 211 Å². The van der Waals surface area contributed by atoms with Crippen LogP contribution in [0.2, 0.25) is 0 Å². The van der Waals surface area contributed by atoms with Crippen LogP contribution in [0.15, 0.2) is 17.5 Å². The van der Waals surface area contributed by atoms with Crippen LogP contribution in [0.5, 0.6) is 0 Å². The number of aliphatic hydroxyl groups is 1. The van der Waals surface area contributed by atoms with Gasteiger partial charge in [0.05, 0.1) is 24.9 Å². The van der Waals surface area contributed by atoms with Gasteiger partial charge in [0.2, 0.25) is 23.6 Å². The number of nitrogens with zero attached hydrogens (tertiary/aromatic N) is 2. The first-order chi connectivity index (χ1) is 17.3. The Balaban J connectivity index is 3.10. The van der Waals surface area contributed by atoms with Gasteiger partial charge in [0.25, 0.3) is 0 Å². The fourth-order valence-electron chi connectivity index (χ4n) is 3.10. The highest BCUT2D eigenvalue weighted by Crippen LogP contribution is 2.05. The number of nitrogens with two attached hydrogens (primary N) is 4. The number of nitrogens with one attached hydrogen (secondary N) is 4. The second-order valence-corrected chi connectivity index (χ2v) is 8.19. The molecule has 206 valence electrons. The number of aliphatic hydroxyl groups excluding tert-OH is 1. The summed E-state index contributed by atoms with van der Waals surface area (Å²) in [7, 11) is 0. The smallest absolute Gasteiger partial charge is 0.328 e. The lowest BCUT2D eigenvalue weighted by molar-refractivity contribution is -0.145. The summed E-state index contributed by atoms with van der Waals surface area (Å²) in [6.07, 6.45) is 0.971. The van der Waals surface area contributed by atoms with Crippen molar-refractivity contribution in [1.29, 1.82) is 0 Å². The van der Waals surface area contributed by atoms with E-state index in [0.717, 1.165) is 0 Å². The minimum Gasteiger partial charge on any atom is -0.480 e. The summed E-state index contributed by atoms with van der Waals surface area (Å²) >= 11 is 0. The number of hydrogen-bond acceptors (Lipinski definition) is 9. The molecule has 14 N–H and O–H groups in total. The van der Waals surface area contributed by atoms with Crippen LogP contribution in [-0.2, 0) is 30.4 Å². The molecule has 0 fully saturated rings. The predicted octanol–water partition coefficient (Wildman–Crippen LogP) is -4.87. The number of guanidine groups is 1. The van der Waals surface area contributed by atoms with Gasteiger partial charge in [0.15, 0.2) is 12.0 Å². The number of carboxylic acid groups (broad SMARTS) is 1. The summed E-state index contributed by atoms with van der Waals surface area (Å²) in [5.41, 5.74) is 21.7. The molecule has 17 heteroatoms. The average Bonchev–Trinajstić information content (AvgIpc) is 3.30. The molecule has 0 aliphatic rings. The molecule has 0 radical (unpaired) electrons. The van der Waals surface area contributed by atoms with E-state index in [1.54, 1.807) is 0 Å². The fraction of sp³-hybridized carbons (Fsp3) is 0.550. The van der Waals surface area contributed by atoms with Gasteiger partial charge in [-0.25, -0.2) is 9.78 Å². The standard InChI is InChI=1S/C20H34N10O7/c1-9(31)15(19(36)37)30-18(35)13(5-10-7-25-8-27-10)29-17(34)12(3-2-4-26-20(23)24)28-16(33)11(21)6-14(22)32/h7-9,11-13,15,31H,2-6,21H2,1H3,(H2,22,32)(H,25,27)(H,28,33)(H,29,34)(H,30,35)(H,36,37)(H4,23,24,26). The zero-order valence-corrected chi connectivity index (χ0v) is 20.2. The van der Waals surface area contributed by atoms with Crippen LogP contribution in [-0.4, -0.2) is 92.6 Å². The van der Waals surface area contributed by atoms with Crippen LogP contribution in [0.25, 0.3) is 0 Å². The van der Waals surface area contributed by atoms with Crippen LogP contribution in [0.4, 0.5) is 0 Å². The summed E-state index contributed by atoms with van der Waals surface area (Å²) in [5.74, 6) is -5.03. The van der Waals surface area contributed by atoms with Crippen molar-refractivity contribution in [3.05, 3.63) is 18.2 Å². The molecular formula is C20H34N10O7. The van der Waals surface area contributed by atoms with Gasteiger partial charge in [0, 0.05) is 24.9 Å². The molecule has 5 atom stereocenters. The average molecular weight is 527 g/mol. The largest absolute Gasteiger partial charge is 0.480 e. The van der Waals surface area contributed by atoms with E-state index in [2.05, 4.69) is 30.9 Å². The van der Waals surface area contributed by atoms with Crippen molar-refractivity contribution in [3.8, 4) is 0 Å². The third-order valence-electron chi connectivity index (χ3n) is 4.99. The van der Waals surface area contributed by atoms with E-state index in [9.17, 15) is 34.2 Å². The molecule has 1 heterocycles. The van der Waals surface area contributed by atoms with Gasteiger partial charge in [0.1, 0.15) is 12.1 Å². The highest BCUT2D eigenvalue weighted by Gasteiger charge is 2.32. The molecule has 0 spiro atoms. The summed E-state index contributed by atoms with van der Waals surface area (Å²) < 4.78 is 0. The van der Waals surface area contributed by atoms with Gasteiger partial charge in [-0.05, 0) is 19.8 Å². The number of aliphatic imine (C=N–C) groups is 1. The molecule has 4 amide bonds. The van der Waals surface area contributed by atoms with Crippen molar-refractivity contribution in [1.82, 2.24) is 25.9 Å². The monoisotopic (exact) mass is 526 g/mol. The third kappa shape index (κ3) is 11.4. The van der Waals surface area contributed by atoms with Crippen molar-refractivity contribution < 1.29 is 34.2 Å². The van der Waals surface area contributed by atoms with E-state index < -0.39 is 66.3 Å². The maximum Gasteiger partial charge on any atom is 0.328 e. The molecule has 1 aromatic heterocycles. The van der Waals surface area contributed by atoms with Crippen LogP contribution in [0.3, 0.4) is 0 Å². The summed E-state index contributed by atoms with van der Waals surface area (Å²) in [6.45, 7) is 1.31. The van der Waals surface area contributed by atoms with Crippen LogP contribution >= 0.6 is 0 Å². The Bertz CT molecular complexity index is 963. The van der Waals surface area contributed by atoms with Crippen molar-refractivity contribution in [3.63, 3.8) is 0 Å². The van der Waals surface area contributed by atoms with Gasteiger partial charge in [-0.2, -0.15) is 0 Å². The predicted molar refractivity (Wildman–Crippen MR) is 129 cm³/mol. The topological polar surface area (TPSA) is 307 Å². The zero-order chi connectivity index (χ0) is 28.1. The number of hydrogen-bond donors (Lipinski definition) is 10. The molecule has 1 rings (SSSR count). The maximum atomic E-state index is 13.1. The molecule has 0 aliphatic carbocycles. The second-order valence-electron chi connectivity index (χ2n) is 8.19. The van der Waals surface area contributed by atoms with Gasteiger partial charge in [-0.3, -0.25) is 24.2 Å². The lowest BCUT2D eigenvalue weighted by Crippen LogP contribution is -2.59. The van der Waals surface area contributed by atoms with E-state index in [1.807, 2.05) is 0 Å². The number of primary amides is 1. The quantitative estimate of drug-likeness (QED) is 0.0553. The van der Waals surface area contributed by atoms with Gasteiger partial charge in [-0.15, -0.1) is 0 Å². The van der Waals surface area contributed by atoms with E-state index in [4.69, 9.17) is 22.9 Å². The molecule has 5 unspecified atom stereocenters. The van der Waals surface area contributed by atoms with E-state index in [0.29, 0.717) is 5.69 Å². The molecular weight excluding hydrogens is 492 g/mol. The van der Waals surface area contributed by atoms with Crippen LogP contribution < -0.4 is 38.9 Å². The van der Waals surface area contributed by atoms with Crippen molar-refractivity contribution >= 4 is 35.6 Å². The number of aromatic nitrogens is 2.